The smallest absolute Gasteiger partial charge is 0.196 e. The highest BCUT2D eigenvalue weighted by Crippen LogP contribution is 2.30. The first-order chi connectivity index (χ1) is 14.2. The van der Waals surface area contributed by atoms with E-state index in [2.05, 4.69) is 45.2 Å². The molecule has 3 N–H and O–H groups in total. The molecule has 0 aromatic heterocycles. The molecule has 0 saturated heterocycles. The Balaban J connectivity index is 2.02. The van der Waals surface area contributed by atoms with Crippen LogP contribution in [0.4, 0.5) is 11.4 Å². The molecule has 0 fully saturated rings. The number of ether oxygens (including phenoxy) is 3. The van der Waals surface area contributed by atoms with Crippen LogP contribution in [0.15, 0.2) is 47.5 Å². The predicted octanol–water partition coefficient (Wildman–Crippen LogP) is 3.73. The molecule has 0 aliphatic carbocycles. The monoisotopic (exact) mass is 400 g/mol. The third-order valence-corrected chi connectivity index (χ3v) is 4.08. The molecule has 0 unspecified atom stereocenters. The molecule has 7 heteroatoms. The van der Waals surface area contributed by atoms with Gasteiger partial charge in [-0.25, -0.2) is 4.99 Å². The molecular weight excluding hydrogens is 368 g/mol. The highest BCUT2D eigenvalue weighted by atomic mass is 16.5. The highest BCUT2D eigenvalue weighted by molar-refractivity contribution is 5.93. The van der Waals surface area contributed by atoms with E-state index < -0.39 is 0 Å². The molecule has 2 aromatic rings. The van der Waals surface area contributed by atoms with Crippen molar-refractivity contribution < 1.29 is 14.2 Å². The van der Waals surface area contributed by atoms with Crippen molar-refractivity contribution in [2.24, 2.45) is 4.99 Å². The Bertz CT molecular complexity index is 763. The zero-order valence-electron chi connectivity index (χ0n) is 17.7. The lowest BCUT2D eigenvalue weighted by Gasteiger charge is -2.14. The number of guanidine groups is 1. The largest absolute Gasteiger partial charge is 0.493 e. The number of rotatable bonds is 11. The normalized spacial score (nSPS) is 11.1. The van der Waals surface area contributed by atoms with Gasteiger partial charge in [0.15, 0.2) is 17.5 Å². The fraction of sp³-hybridized carbons (Fsp3) is 0.409. The molecule has 0 bridgehead atoms. The average Bonchev–Trinajstić information content (AvgIpc) is 2.74. The summed E-state index contributed by atoms with van der Waals surface area (Å²) in [5.41, 5.74) is 3.08. The number of nitrogens with one attached hydrogen (secondary N) is 3. The van der Waals surface area contributed by atoms with Gasteiger partial charge >= 0.3 is 0 Å². The average molecular weight is 401 g/mol. The number of anilines is 2. The second-order valence-corrected chi connectivity index (χ2v) is 6.24. The predicted molar refractivity (Wildman–Crippen MR) is 119 cm³/mol. The third-order valence-electron chi connectivity index (χ3n) is 4.08. The van der Waals surface area contributed by atoms with Crippen molar-refractivity contribution in [2.45, 2.75) is 20.4 Å². The molecular formula is C22H32N4O3. The molecule has 0 aliphatic rings. The minimum absolute atomic E-state index is 0.571. The van der Waals surface area contributed by atoms with Gasteiger partial charge in [0.05, 0.1) is 26.9 Å². The maximum absolute atomic E-state index is 5.57. The summed E-state index contributed by atoms with van der Waals surface area (Å²) in [6.45, 7) is 7.38. The molecule has 0 atom stereocenters. The summed E-state index contributed by atoms with van der Waals surface area (Å²) in [6.07, 6.45) is 0. The van der Waals surface area contributed by atoms with Crippen molar-refractivity contribution in [3.63, 3.8) is 0 Å². The molecule has 0 amide bonds. The van der Waals surface area contributed by atoms with Crippen LogP contribution in [0.1, 0.15) is 19.4 Å². The van der Waals surface area contributed by atoms with Crippen LogP contribution < -0.4 is 25.4 Å². The van der Waals surface area contributed by atoms with E-state index in [1.165, 1.54) is 0 Å². The summed E-state index contributed by atoms with van der Waals surface area (Å²) in [6, 6.07) is 14.0. The second kappa shape index (κ2) is 12.5. The summed E-state index contributed by atoms with van der Waals surface area (Å²) in [4.78, 5) is 4.68. The van der Waals surface area contributed by atoms with Gasteiger partial charge in [-0.1, -0.05) is 12.1 Å². The Hall–Kier alpha value is -2.93. The standard InChI is InChI=1S/C22H32N4O3/c1-5-23-22(26-19-11-12-20(29-6-2)21(15-19)28-4)25-16-17-7-9-18(10-8-17)24-13-14-27-3/h7-12,15,24H,5-6,13-14,16H2,1-4H3,(H2,23,25,26). The van der Waals surface area contributed by atoms with E-state index >= 15 is 0 Å². The van der Waals surface area contributed by atoms with Crippen molar-refractivity contribution in [1.82, 2.24) is 5.32 Å². The van der Waals surface area contributed by atoms with Crippen LogP contribution in [0.5, 0.6) is 11.5 Å². The number of nitrogens with zero attached hydrogens (tertiary/aromatic N) is 1. The van der Waals surface area contributed by atoms with Crippen molar-refractivity contribution in [2.75, 3.05) is 51.2 Å². The van der Waals surface area contributed by atoms with Crippen LogP contribution in [0.3, 0.4) is 0 Å². The Morgan fingerprint density at radius 2 is 1.72 bits per heavy atom. The first-order valence-electron chi connectivity index (χ1n) is 9.88. The van der Waals surface area contributed by atoms with Gasteiger partial charge in [-0.15, -0.1) is 0 Å². The van der Waals surface area contributed by atoms with Crippen molar-refractivity contribution in [3.05, 3.63) is 48.0 Å². The van der Waals surface area contributed by atoms with E-state index in [1.807, 2.05) is 32.0 Å². The van der Waals surface area contributed by atoms with Gasteiger partial charge in [-0.3, -0.25) is 0 Å². The maximum atomic E-state index is 5.57. The first kappa shape index (κ1) is 22.4. The molecule has 29 heavy (non-hydrogen) atoms. The van der Waals surface area contributed by atoms with Crippen LogP contribution in [0.25, 0.3) is 0 Å². The molecule has 2 rings (SSSR count). The number of benzene rings is 2. The Kier molecular flexibility index (Phi) is 9.65. The summed E-state index contributed by atoms with van der Waals surface area (Å²) in [5, 5.41) is 9.89. The lowest BCUT2D eigenvalue weighted by molar-refractivity contribution is 0.211. The van der Waals surface area contributed by atoms with E-state index in [4.69, 9.17) is 14.2 Å². The van der Waals surface area contributed by atoms with E-state index in [9.17, 15) is 0 Å². The SMILES string of the molecule is CCNC(=NCc1ccc(NCCOC)cc1)Nc1ccc(OCC)c(OC)c1. The minimum Gasteiger partial charge on any atom is -0.493 e. The van der Waals surface area contributed by atoms with Crippen molar-refractivity contribution in [3.8, 4) is 11.5 Å². The summed E-state index contributed by atoms with van der Waals surface area (Å²) in [7, 11) is 3.33. The van der Waals surface area contributed by atoms with Gasteiger partial charge in [-0.05, 0) is 43.7 Å². The van der Waals surface area contributed by atoms with Crippen LogP contribution >= 0.6 is 0 Å². The van der Waals surface area contributed by atoms with E-state index in [0.717, 1.165) is 35.8 Å². The molecule has 0 spiro atoms. The molecule has 7 nitrogen and oxygen atoms in total. The zero-order valence-corrected chi connectivity index (χ0v) is 17.7. The third kappa shape index (κ3) is 7.54. The van der Waals surface area contributed by atoms with Gasteiger partial charge in [0.1, 0.15) is 0 Å². The van der Waals surface area contributed by atoms with Crippen molar-refractivity contribution in [1.29, 1.82) is 0 Å². The fourth-order valence-corrected chi connectivity index (χ4v) is 2.66. The van der Waals surface area contributed by atoms with Gasteiger partial charge in [0, 0.05) is 37.6 Å². The van der Waals surface area contributed by atoms with Crippen LogP contribution in [0, 0.1) is 0 Å². The van der Waals surface area contributed by atoms with Crippen LogP contribution in [0.2, 0.25) is 0 Å². The van der Waals surface area contributed by atoms with Gasteiger partial charge in [0.2, 0.25) is 0 Å². The van der Waals surface area contributed by atoms with E-state index in [-0.39, 0.29) is 0 Å². The Morgan fingerprint density at radius 3 is 2.38 bits per heavy atom. The number of hydrogen-bond acceptors (Lipinski definition) is 5. The lowest BCUT2D eigenvalue weighted by Crippen LogP contribution is -2.30. The van der Waals surface area contributed by atoms with Gasteiger partial charge in [-0.2, -0.15) is 0 Å². The first-order valence-corrected chi connectivity index (χ1v) is 9.88. The Labute approximate surface area is 173 Å². The number of methoxy groups -OCH3 is 2. The second-order valence-electron chi connectivity index (χ2n) is 6.24. The molecule has 0 heterocycles. The molecule has 0 aliphatic heterocycles. The fourth-order valence-electron chi connectivity index (χ4n) is 2.66. The molecule has 0 radical (unpaired) electrons. The minimum atomic E-state index is 0.571. The topological polar surface area (TPSA) is 76.1 Å². The lowest BCUT2D eigenvalue weighted by atomic mass is 10.2. The summed E-state index contributed by atoms with van der Waals surface area (Å²) < 4.78 is 16.0. The number of hydrogen-bond donors (Lipinski definition) is 3. The van der Waals surface area contributed by atoms with Gasteiger partial charge in [0.25, 0.3) is 0 Å². The quantitative estimate of drug-likeness (QED) is 0.303. The number of aliphatic imine (C=N–C) groups is 1. The van der Waals surface area contributed by atoms with Crippen LogP contribution in [-0.2, 0) is 11.3 Å². The Morgan fingerprint density at radius 1 is 0.966 bits per heavy atom. The maximum Gasteiger partial charge on any atom is 0.196 e. The van der Waals surface area contributed by atoms with E-state index in [0.29, 0.717) is 31.5 Å². The summed E-state index contributed by atoms with van der Waals surface area (Å²) >= 11 is 0. The van der Waals surface area contributed by atoms with Gasteiger partial charge < -0.3 is 30.2 Å². The molecule has 2 aromatic carbocycles. The molecule has 158 valence electrons. The highest BCUT2D eigenvalue weighted by Gasteiger charge is 2.07. The van der Waals surface area contributed by atoms with Crippen molar-refractivity contribution >= 4 is 17.3 Å². The van der Waals surface area contributed by atoms with E-state index in [1.54, 1.807) is 14.2 Å². The molecule has 0 saturated carbocycles. The zero-order chi connectivity index (χ0) is 20.9. The summed E-state index contributed by atoms with van der Waals surface area (Å²) in [5.74, 6) is 2.12. The van der Waals surface area contributed by atoms with Crippen LogP contribution in [-0.4, -0.2) is 46.5 Å².